The molecule has 0 bridgehead atoms. The first-order valence-electron chi connectivity index (χ1n) is 6.80. The third-order valence-corrected chi connectivity index (χ3v) is 5.18. The molecule has 2 atom stereocenters. The van der Waals surface area contributed by atoms with Crippen molar-refractivity contribution < 1.29 is 18.3 Å². The highest BCUT2D eigenvalue weighted by atomic mass is 32.2. The molecule has 0 radical (unpaired) electrons. The zero-order valence-corrected chi connectivity index (χ0v) is 12.1. The minimum atomic E-state index is -3.22. The van der Waals surface area contributed by atoms with Crippen molar-refractivity contribution in [1.29, 1.82) is 0 Å². The van der Waals surface area contributed by atoms with Crippen LogP contribution in [0.15, 0.2) is 0 Å². The lowest BCUT2D eigenvalue weighted by molar-refractivity contribution is -0.139. The quantitative estimate of drug-likeness (QED) is 0.753. The molecule has 1 amide bonds. The maximum absolute atomic E-state index is 12.4. The molecule has 1 N–H and O–H groups in total. The summed E-state index contributed by atoms with van der Waals surface area (Å²) >= 11 is 0. The van der Waals surface area contributed by atoms with Gasteiger partial charge in [-0.05, 0) is 25.7 Å². The van der Waals surface area contributed by atoms with Crippen LogP contribution >= 0.6 is 0 Å². The molecule has 2 fully saturated rings. The van der Waals surface area contributed by atoms with Crippen molar-refractivity contribution in [3.8, 4) is 0 Å². The number of nitrogens with zero attached hydrogens (tertiary/aromatic N) is 2. The highest BCUT2D eigenvalue weighted by Crippen LogP contribution is 2.22. The van der Waals surface area contributed by atoms with E-state index in [1.807, 2.05) is 0 Å². The third-order valence-electron chi connectivity index (χ3n) is 3.91. The summed E-state index contributed by atoms with van der Waals surface area (Å²) in [5.41, 5.74) is 0. The van der Waals surface area contributed by atoms with Crippen molar-refractivity contribution in [3.05, 3.63) is 0 Å². The van der Waals surface area contributed by atoms with Crippen LogP contribution in [0.4, 0.5) is 0 Å². The Labute approximate surface area is 114 Å². The van der Waals surface area contributed by atoms with E-state index in [0.717, 1.165) is 25.7 Å². The largest absolute Gasteiger partial charge is 0.391 e. The number of hydrogen-bond donors (Lipinski definition) is 1. The van der Waals surface area contributed by atoms with Gasteiger partial charge in [0, 0.05) is 26.2 Å². The molecule has 0 aromatic rings. The number of piperidine rings is 2. The third kappa shape index (κ3) is 3.67. The second-order valence-corrected chi connectivity index (χ2v) is 7.52. The maximum atomic E-state index is 12.4. The van der Waals surface area contributed by atoms with E-state index in [0.29, 0.717) is 19.6 Å². The molecule has 0 spiro atoms. The van der Waals surface area contributed by atoms with Crippen LogP contribution in [0.5, 0.6) is 0 Å². The zero-order valence-electron chi connectivity index (χ0n) is 11.3. The summed E-state index contributed by atoms with van der Waals surface area (Å²) in [4.78, 5) is 14.0. The van der Waals surface area contributed by atoms with E-state index in [-0.39, 0.29) is 18.4 Å². The topological polar surface area (TPSA) is 77.9 Å². The number of sulfonamides is 1. The van der Waals surface area contributed by atoms with Crippen molar-refractivity contribution in [1.82, 2.24) is 9.21 Å². The fourth-order valence-electron chi connectivity index (χ4n) is 2.86. The number of carbonyl (C=O) groups excluding carboxylic acids is 1. The van der Waals surface area contributed by atoms with Gasteiger partial charge in [0.25, 0.3) is 0 Å². The molecular formula is C12H22N2O4S. The molecule has 7 heteroatoms. The molecule has 2 unspecified atom stereocenters. The standard InChI is InChI=1S/C12H22N2O4S/c1-19(17,18)14-7-2-4-10(8-14)12(16)13-6-3-5-11(15)9-13/h10-11,15H,2-9H2,1H3. The first kappa shape index (κ1) is 14.7. The molecule has 0 aromatic heterocycles. The molecule has 2 aliphatic heterocycles. The van der Waals surface area contributed by atoms with Crippen LogP contribution in [-0.2, 0) is 14.8 Å². The fraction of sp³-hybridized carbons (Fsp3) is 0.917. The minimum absolute atomic E-state index is 0.00731. The number of aliphatic hydroxyl groups excluding tert-OH is 1. The van der Waals surface area contributed by atoms with Crippen molar-refractivity contribution in [2.45, 2.75) is 31.8 Å². The normalized spacial score (nSPS) is 30.3. The van der Waals surface area contributed by atoms with Gasteiger partial charge >= 0.3 is 0 Å². The van der Waals surface area contributed by atoms with Crippen LogP contribution in [0.3, 0.4) is 0 Å². The number of carbonyl (C=O) groups is 1. The molecule has 0 aliphatic carbocycles. The van der Waals surface area contributed by atoms with Gasteiger partial charge < -0.3 is 10.0 Å². The predicted octanol–water partition coefficient (Wildman–Crippen LogP) is -0.359. The number of β-amino-alcohol motifs (C(OH)–C–C–N with tert-alkyl or cyclic N) is 1. The second kappa shape index (κ2) is 5.76. The van der Waals surface area contributed by atoms with E-state index in [1.54, 1.807) is 4.90 Å². The van der Waals surface area contributed by atoms with E-state index in [2.05, 4.69) is 0 Å². The van der Waals surface area contributed by atoms with Crippen molar-refractivity contribution >= 4 is 15.9 Å². The summed E-state index contributed by atoms with van der Waals surface area (Å²) in [5, 5.41) is 9.61. The Hall–Kier alpha value is -0.660. The first-order valence-corrected chi connectivity index (χ1v) is 8.64. The van der Waals surface area contributed by atoms with Crippen LogP contribution in [0.2, 0.25) is 0 Å². The van der Waals surface area contributed by atoms with E-state index in [1.165, 1.54) is 10.6 Å². The number of amides is 1. The summed E-state index contributed by atoms with van der Waals surface area (Å²) < 4.78 is 24.5. The van der Waals surface area contributed by atoms with Gasteiger partial charge in [0.1, 0.15) is 0 Å². The van der Waals surface area contributed by atoms with Crippen LogP contribution in [0.1, 0.15) is 25.7 Å². The van der Waals surface area contributed by atoms with Gasteiger partial charge in [-0.25, -0.2) is 12.7 Å². The second-order valence-electron chi connectivity index (χ2n) is 5.54. The number of likely N-dealkylation sites (tertiary alicyclic amines) is 1. The lowest BCUT2D eigenvalue weighted by atomic mass is 9.96. The average Bonchev–Trinajstić information content (AvgIpc) is 2.37. The van der Waals surface area contributed by atoms with E-state index in [4.69, 9.17) is 0 Å². The highest BCUT2D eigenvalue weighted by Gasteiger charge is 2.33. The number of hydrogen-bond acceptors (Lipinski definition) is 4. The minimum Gasteiger partial charge on any atom is -0.391 e. The summed E-state index contributed by atoms with van der Waals surface area (Å²) in [6.45, 7) is 1.84. The number of rotatable bonds is 2. The summed E-state index contributed by atoms with van der Waals surface area (Å²) in [6, 6.07) is 0. The Kier molecular flexibility index (Phi) is 4.47. The van der Waals surface area contributed by atoms with Crippen LogP contribution in [0, 0.1) is 5.92 Å². The highest BCUT2D eigenvalue weighted by molar-refractivity contribution is 7.88. The molecule has 2 rings (SSSR count). The zero-order chi connectivity index (χ0) is 14.0. The molecule has 0 saturated carbocycles. The Morgan fingerprint density at radius 1 is 1.16 bits per heavy atom. The monoisotopic (exact) mass is 290 g/mol. The molecule has 2 aliphatic rings. The predicted molar refractivity (Wildman–Crippen MR) is 71.0 cm³/mol. The molecule has 2 heterocycles. The van der Waals surface area contributed by atoms with Gasteiger partial charge in [-0.15, -0.1) is 0 Å². The Bertz CT molecular complexity index is 437. The molecule has 2 saturated heterocycles. The Morgan fingerprint density at radius 3 is 2.47 bits per heavy atom. The van der Waals surface area contributed by atoms with E-state index >= 15 is 0 Å². The van der Waals surface area contributed by atoms with Gasteiger partial charge in [-0.2, -0.15) is 0 Å². The molecular weight excluding hydrogens is 268 g/mol. The lowest BCUT2D eigenvalue weighted by Gasteiger charge is -2.36. The van der Waals surface area contributed by atoms with Gasteiger partial charge in [-0.3, -0.25) is 4.79 Å². The van der Waals surface area contributed by atoms with Gasteiger partial charge in [0.05, 0.1) is 18.3 Å². The summed E-state index contributed by atoms with van der Waals surface area (Å²) in [6.07, 6.45) is 3.76. The smallest absolute Gasteiger partial charge is 0.227 e. The average molecular weight is 290 g/mol. The maximum Gasteiger partial charge on any atom is 0.227 e. The summed E-state index contributed by atoms with van der Waals surface area (Å²) in [7, 11) is -3.22. The van der Waals surface area contributed by atoms with Crippen LogP contribution < -0.4 is 0 Å². The SMILES string of the molecule is CS(=O)(=O)N1CCCC(C(=O)N2CCCC(O)C2)C1. The van der Waals surface area contributed by atoms with Gasteiger partial charge in [0.15, 0.2) is 0 Å². The van der Waals surface area contributed by atoms with Crippen LogP contribution in [-0.4, -0.2) is 67.2 Å². The van der Waals surface area contributed by atoms with E-state index < -0.39 is 16.1 Å². The molecule has 0 aromatic carbocycles. The van der Waals surface area contributed by atoms with Crippen molar-refractivity contribution in [2.75, 3.05) is 32.4 Å². The number of aliphatic hydroxyl groups is 1. The van der Waals surface area contributed by atoms with E-state index in [9.17, 15) is 18.3 Å². The molecule has 110 valence electrons. The fourth-order valence-corrected chi connectivity index (χ4v) is 3.77. The Morgan fingerprint density at radius 2 is 1.84 bits per heavy atom. The Balaban J connectivity index is 1.99. The van der Waals surface area contributed by atoms with Gasteiger partial charge in [0.2, 0.25) is 15.9 Å². The molecule has 19 heavy (non-hydrogen) atoms. The van der Waals surface area contributed by atoms with Crippen LogP contribution in [0.25, 0.3) is 0 Å². The van der Waals surface area contributed by atoms with Crippen molar-refractivity contribution in [2.24, 2.45) is 5.92 Å². The lowest BCUT2D eigenvalue weighted by Crippen LogP contribution is -2.49. The summed E-state index contributed by atoms with van der Waals surface area (Å²) in [5.74, 6) is -0.263. The van der Waals surface area contributed by atoms with Gasteiger partial charge in [-0.1, -0.05) is 0 Å². The van der Waals surface area contributed by atoms with Crippen molar-refractivity contribution in [3.63, 3.8) is 0 Å². The first-order chi connectivity index (χ1) is 8.88. The molecule has 6 nitrogen and oxygen atoms in total.